The van der Waals surface area contributed by atoms with Gasteiger partial charge in [-0.2, -0.15) is 0 Å². The van der Waals surface area contributed by atoms with E-state index in [9.17, 15) is 14.4 Å². The molecule has 0 aromatic carbocycles. The first kappa shape index (κ1) is 16.4. The Morgan fingerprint density at radius 2 is 1.83 bits per heavy atom. The molecule has 0 aliphatic rings. The Balaban J connectivity index is 4.19. The number of aliphatic carboxylic acids is 2. The fraction of sp³-hybridized carbons (Fsp3) is 0.727. The molecule has 0 rings (SSSR count). The van der Waals surface area contributed by atoms with E-state index in [0.29, 0.717) is 0 Å². The van der Waals surface area contributed by atoms with Crippen LogP contribution in [0.1, 0.15) is 33.1 Å². The number of hydrogen-bond donors (Lipinski definition) is 4. The molecule has 1 unspecified atom stereocenters. The van der Waals surface area contributed by atoms with E-state index in [1.165, 1.54) is 0 Å². The van der Waals surface area contributed by atoms with E-state index in [1.54, 1.807) is 0 Å². The second-order valence-corrected chi connectivity index (χ2v) is 4.05. The predicted molar refractivity (Wildman–Crippen MR) is 64.2 cm³/mol. The number of rotatable bonds is 9. The number of carbonyl (C=O) groups excluding carboxylic acids is 1. The van der Waals surface area contributed by atoms with Gasteiger partial charge in [-0.25, -0.2) is 4.79 Å². The minimum Gasteiger partial charge on any atom is -0.481 e. The molecule has 0 aromatic rings. The highest BCUT2D eigenvalue weighted by Gasteiger charge is 2.21. The van der Waals surface area contributed by atoms with Gasteiger partial charge in [0.1, 0.15) is 6.04 Å². The maximum Gasteiger partial charge on any atom is 0.326 e. The average Bonchev–Trinajstić information content (AvgIpc) is 2.23. The van der Waals surface area contributed by atoms with Crippen LogP contribution < -0.4 is 10.6 Å². The number of amides is 1. The summed E-state index contributed by atoms with van der Waals surface area (Å²) in [6, 6.07) is -1.20. The lowest BCUT2D eigenvalue weighted by Crippen LogP contribution is -2.43. The Kier molecular flexibility index (Phi) is 7.69. The summed E-state index contributed by atoms with van der Waals surface area (Å²) in [5.41, 5.74) is 0. The molecular weight excluding hydrogens is 240 g/mol. The zero-order chi connectivity index (χ0) is 14.1. The zero-order valence-corrected chi connectivity index (χ0v) is 10.6. The highest BCUT2D eigenvalue weighted by atomic mass is 16.4. The Labute approximate surface area is 106 Å². The van der Waals surface area contributed by atoms with Crippen LogP contribution in [0.3, 0.4) is 0 Å². The van der Waals surface area contributed by atoms with Gasteiger partial charge in [0.25, 0.3) is 0 Å². The van der Waals surface area contributed by atoms with E-state index in [0.717, 1.165) is 6.54 Å². The minimum absolute atomic E-state index is 0.0519. The van der Waals surface area contributed by atoms with Crippen molar-refractivity contribution in [1.82, 2.24) is 10.6 Å². The van der Waals surface area contributed by atoms with Gasteiger partial charge in [-0.05, 0) is 19.9 Å². The molecule has 0 aromatic heterocycles. The van der Waals surface area contributed by atoms with E-state index < -0.39 is 23.9 Å². The molecule has 0 aliphatic heterocycles. The van der Waals surface area contributed by atoms with Crippen molar-refractivity contribution < 1.29 is 24.6 Å². The number of nitrogens with one attached hydrogen (secondary N) is 2. The number of carbonyl (C=O) groups is 3. The Hall–Kier alpha value is -1.63. The fourth-order valence-electron chi connectivity index (χ4n) is 1.48. The monoisotopic (exact) mass is 260 g/mol. The second kappa shape index (κ2) is 8.46. The van der Waals surface area contributed by atoms with Crippen molar-refractivity contribution in [3.05, 3.63) is 0 Å². The SMILES string of the molecule is CCNC(C)CC(=O)N[C@@H](CCC(=O)O)C(=O)O. The van der Waals surface area contributed by atoms with Gasteiger partial charge in [-0.3, -0.25) is 9.59 Å². The molecule has 0 fully saturated rings. The molecule has 7 nitrogen and oxygen atoms in total. The van der Waals surface area contributed by atoms with Crippen molar-refractivity contribution in [3.63, 3.8) is 0 Å². The lowest BCUT2D eigenvalue weighted by molar-refractivity contribution is -0.143. The van der Waals surface area contributed by atoms with Crippen molar-refractivity contribution in [2.24, 2.45) is 0 Å². The van der Waals surface area contributed by atoms with Crippen LogP contribution in [0.2, 0.25) is 0 Å². The first-order valence-electron chi connectivity index (χ1n) is 5.84. The molecule has 0 radical (unpaired) electrons. The highest BCUT2D eigenvalue weighted by molar-refractivity contribution is 5.84. The summed E-state index contributed by atoms with van der Waals surface area (Å²) in [6.07, 6.45) is -0.253. The first-order chi connectivity index (χ1) is 8.36. The molecule has 0 heterocycles. The van der Waals surface area contributed by atoms with Crippen molar-refractivity contribution in [3.8, 4) is 0 Å². The predicted octanol–water partition coefficient (Wildman–Crippen LogP) is -0.191. The number of hydrogen-bond acceptors (Lipinski definition) is 4. The Morgan fingerprint density at radius 3 is 2.28 bits per heavy atom. The maximum atomic E-state index is 11.5. The third-order valence-corrected chi connectivity index (χ3v) is 2.32. The summed E-state index contributed by atoms with van der Waals surface area (Å²) in [5.74, 6) is -2.71. The lowest BCUT2D eigenvalue weighted by atomic mass is 10.1. The van der Waals surface area contributed by atoms with Gasteiger partial charge in [-0.1, -0.05) is 6.92 Å². The summed E-state index contributed by atoms with van der Waals surface area (Å²) in [7, 11) is 0. The molecule has 0 aliphatic carbocycles. The third kappa shape index (κ3) is 7.61. The van der Waals surface area contributed by atoms with Crippen LogP contribution in [0.25, 0.3) is 0 Å². The van der Waals surface area contributed by atoms with E-state index in [4.69, 9.17) is 10.2 Å². The van der Waals surface area contributed by atoms with Crippen LogP contribution >= 0.6 is 0 Å². The van der Waals surface area contributed by atoms with Gasteiger partial charge in [0.15, 0.2) is 0 Å². The van der Waals surface area contributed by atoms with Crippen molar-refractivity contribution in [1.29, 1.82) is 0 Å². The van der Waals surface area contributed by atoms with Gasteiger partial charge in [-0.15, -0.1) is 0 Å². The van der Waals surface area contributed by atoms with Crippen molar-refractivity contribution >= 4 is 17.8 Å². The van der Waals surface area contributed by atoms with Crippen LogP contribution in [0.15, 0.2) is 0 Å². The normalized spacial score (nSPS) is 13.7. The molecule has 7 heteroatoms. The topological polar surface area (TPSA) is 116 Å². The van der Waals surface area contributed by atoms with Gasteiger partial charge in [0.2, 0.25) is 5.91 Å². The quantitative estimate of drug-likeness (QED) is 0.456. The third-order valence-electron chi connectivity index (χ3n) is 2.32. The molecule has 104 valence electrons. The smallest absolute Gasteiger partial charge is 0.326 e. The van der Waals surface area contributed by atoms with Crippen LogP contribution in [-0.2, 0) is 14.4 Å². The molecule has 18 heavy (non-hydrogen) atoms. The molecule has 0 spiro atoms. The van der Waals surface area contributed by atoms with Gasteiger partial charge < -0.3 is 20.8 Å². The van der Waals surface area contributed by atoms with Crippen molar-refractivity contribution in [2.45, 2.75) is 45.2 Å². The summed E-state index contributed by atoms with van der Waals surface area (Å²) >= 11 is 0. The fourth-order valence-corrected chi connectivity index (χ4v) is 1.48. The van der Waals surface area contributed by atoms with E-state index in [1.807, 2.05) is 13.8 Å². The van der Waals surface area contributed by atoms with Crippen LogP contribution in [0, 0.1) is 0 Å². The average molecular weight is 260 g/mol. The largest absolute Gasteiger partial charge is 0.481 e. The maximum absolute atomic E-state index is 11.5. The van der Waals surface area contributed by atoms with E-state index in [2.05, 4.69) is 10.6 Å². The summed E-state index contributed by atoms with van der Waals surface area (Å²) < 4.78 is 0. The van der Waals surface area contributed by atoms with Crippen LogP contribution in [0.4, 0.5) is 0 Å². The Morgan fingerprint density at radius 1 is 1.22 bits per heavy atom. The molecule has 0 saturated heterocycles. The molecule has 4 N–H and O–H groups in total. The molecule has 1 amide bonds. The summed E-state index contributed by atoms with van der Waals surface area (Å²) in [5, 5.41) is 22.7. The first-order valence-corrected chi connectivity index (χ1v) is 5.84. The summed E-state index contributed by atoms with van der Waals surface area (Å²) in [6.45, 7) is 4.44. The van der Waals surface area contributed by atoms with Gasteiger partial charge in [0.05, 0.1) is 0 Å². The standard InChI is InChI=1S/C11H20N2O5/c1-3-12-7(2)6-9(14)13-8(11(17)18)4-5-10(15)16/h7-8,12H,3-6H2,1-2H3,(H,13,14)(H,15,16)(H,17,18)/t7?,8-/m0/s1. The lowest BCUT2D eigenvalue weighted by Gasteiger charge is -2.16. The molecular formula is C11H20N2O5. The molecule has 2 atom stereocenters. The van der Waals surface area contributed by atoms with Gasteiger partial charge >= 0.3 is 11.9 Å². The summed E-state index contributed by atoms with van der Waals surface area (Å²) in [4.78, 5) is 32.7. The Bertz CT molecular complexity index is 306. The van der Waals surface area contributed by atoms with E-state index >= 15 is 0 Å². The zero-order valence-electron chi connectivity index (χ0n) is 10.6. The molecule has 0 saturated carbocycles. The van der Waals surface area contributed by atoms with Gasteiger partial charge in [0, 0.05) is 18.9 Å². The number of carboxylic acid groups (broad SMARTS) is 2. The van der Waals surface area contributed by atoms with Crippen LogP contribution in [0.5, 0.6) is 0 Å². The van der Waals surface area contributed by atoms with Crippen LogP contribution in [-0.4, -0.2) is 46.7 Å². The van der Waals surface area contributed by atoms with Crippen molar-refractivity contribution in [2.75, 3.05) is 6.54 Å². The van der Waals surface area contributed by atoms with E-state index in [-0.39, 0.29) is 25.3 Å². The molecule has 0 bridgehead atoms. The minimum atomic E-state index is -1.22. The number of carboxylic acids is 2. The second-order valence-electron chi connectivity index (χ2n) is 4.05. The highest BCUT2D eigenvalue weighted by Crippen LogP contribution is 2.00.